The average Bonchev–Trinajstić information content (AvgIpc) is 3.30. The minimum Gasteiger partial charge on any atom is -0.404 e. The molecule has 232 valence electrons. The zero-order chi connectivity index (χ0) is 30.7. The maximum atomic E-state index is 13.8. The van der Waals surface area contributed by atoms with Crippen molar-refractivity contribution in [3.8, 4) is 0 Å². The monoisotopic (exact) mass is 582 g/mol. The molecular formula is C32H51BN4O5. The summed E-state index contributed by atoms with van der Waals surface area (Å²) >= 11 is 0. The van der Waals surface area contributed by atoms with Gasteiger partial charge in [-0.1, -0.05) is 53.2 Å². The van der Waals surface area contributed by atoms with Crippen LogP contribution in [0.15, 0.2) is 24.3 Å². The smallest absolute Gasteiger partial charge is 0.404 e. The van der Waals surface area contributed by atoms with Crippen molar-refractivity contribution in [1.82, 2.24) is 16.0 Å². The van der Waals surface area contributed by atoms with Crippen LogP contribution in [0.5, 0.6) is 0 Å². The second kappa shape index (κ2) is 13.4. The van der Waals surface area contributed by atoms with Gasteiger partial charge in [0.1, 0.15) is 6.04 Å². The van der Waals surface area contributed by atoms with E-state index in [-0.39, 0.29) is 34.9 Å². The van der Waals surface area contributed by atoms with Crippen LogP contribution in [0.25, 0.3) is 0 Å². The normalized spacial score (nSPS) is 27.0. The number of amides is 4. The van der Waals surface area contributed by atoms with Gasteiger partial charge in [0.15, 0.2) is 0 Å². The molecule has 1 unspecified atom stereocenters. The number of carbonyl (C=O) groups is 3. The lowest BCUT2D eigenvalue weighted by Crippen LogP contribution is -2.65. The molecule has 3 saturated carbocycles. The molecule has 5 rings (SSSR count). The van der Waals surface area contributed by atoms with Crippen molar-refractivity contribution in [1.29, 1.82) is 0 Å². The molecule has 6 atom stereocenters. The first-order chi connectivity index (χ1) is 19.8. The van der Waals surface area contributed by atoms with Gasteiger partial charge in [-0.2, -0.15) is 0 Å². The van der Waals surface area contributed by atoms with Gasteiger partial charge in [0, 0.05) is 12.1 Å². The van der Waals surface area contributed by atoms with E-state index in [1.807, 2.05) is 12.1 Å². The Morgan fingerprint density at radius 2 is 1.79 bits per heavy atom. The molecule has 4 fully saturated rings. The number of rotatable bonds is 14. The van der Waals surface area contributed by atoms with E-state index in [1.54, 1.807) is 12.1 Å². The van der Waals surface area contributed by atoms with Crippen LogP contribution in [-0.4, -0.2) is 55.2 Å². The van der Waals surface area contributed by atoms with Crippen molar-refractivity contribution in [2.75, 3.05) is 6.54 Å². The number of unbranched alkanes of at least 4 members (excludes halogenated alkanes) is 1. The van der Waals surface area contributed by atoms with Gasteiger partial charge >= 0.3 is 13.1 Å². The summed E-state index contributed by atoms with van der Waals surface area (Å²) in [4.78, 5) is 38.2. The first kappa shape index (κ1) is 32.3. The quantitative estimate of drug-likeness (QED) is 0.191. The summed E-state index contributed by atoms with van der Waals surface area (Å²) < 4.78 is 13.2. The molecule has 2 bridgehead atoms. The van der Waals surface area contributed by atoms with E-state index in [9.17, 15) is 14.4 Å². The summed E-state index contributed by atoms with van der Waals surface area (Å²) in [5.74, 6) is 0.393. The van der Waals surface area contributed by atoms with Crippen molar-refractivity contribution in [2.45, 2.75) is 117 Å². The number of nitrogens with one attached hydrogen (secondary N) is 3. The molecule has 1 aromatic carbocycles. The molecule has 0 aromatic heterocycles. The molecule has 0 radical (unpaired) electrons. The Hall–Kier alpha value is -2.59. The highest BCUT2D eigenvalue weighted by atomic mass is 16.7. The lowest BCUT2D eigenvalue weighted by Gasteiger charge is -2.64. The third kappa shape index (κ3) is 7.13. The fourth-order valence-corrected chi connectivity index (χ4v) is 7.33. The summed E-state index contributed by atoms with van der Waals surface area (Å²) in [6.07, 6.45) is 6.81. The molecule has 42 heavy (non-hydrogen) atoms. The van der Waals surface area contributed by atoms with E-state index in [4.69, 9.17) is 15.0 Å². The van der Waals surface area contributed by atoms with Gasteiger partial charge in [-0.25, -0.2) is 4.79 Å². The lowest BCUT2D eigenvalue weighted by atomic mass is 9.43. The van der Waals surface area contributed by atoms with Crippen LogP contribution in [0, 0.1) is 23.2 Å². The first-order valence-corrected chi connectivity index (χ1v) is 15.9. The third-order valence-electron chi connectivity index (χ3n) is 9.98. The number of aryl methyl sites for hydroxylation is 1. The van der Waals surface area contributed by atoms with Gasteiger partial charge < -0.3 is 31.0 Å². The van der Waals surface area contributed by atoms with Crippen molar-refractivity contribution >= 4 is 25.0 Å². The number of primary amides is 1. The molecular weight excluding hydrogens is 531 g/mol. The highest BCUT2D eigenvalue weighted by Gasteiger charge is 2.68. The molecule has 1 heterocycles. The maximum Gasteiger partial charge on any atom is 0.481 e. The van der Waals surface area contributed by atoms with E-state index >= 15 is 0 Å². The summed E-state index contributed by atoms with van der Waals surface area (Å²) in [6.45, 7) is 13.5. The minimum atomic E-state index is -0.799. The number of hydrogen-bond acceptors (Lipinski definition) is 5. The molecule has 3 aliphatic carbocycles. The molecule has 4 aliphatic rings. The van der Waals surface area contributed by atoms with Gasteiger partial charge in [0.05, 0.1) is 17.6 Å². The second-order valence-electron chi connectivity index (χ2n) is 13.8. The Balaban J connectivity index is 1.45. The Labute approximate surface area is 251 Å². The van der Waals surface area contributed by atoms with Gasteiger partial charge in [0.25, 0.3) is 5.91 Å². The van der Waals surface area contributed by atoms with Gasteiger partial charge in [-0.15, -0.1) is 0 Å². The van der Waals surface area contributed by atoms with Crippen molar-refractivity contribution in [3.05, 3.63) is 35.4 Å². The Morgan fingerprint density at radius 1 is 1.07 bits per heavy atom. The molecule has 5 N–H and O–H groups in total. The molecule has 10 heteroatoms. The van der Waals surface area contributed by atoms with Gasteiger partial charge in [-0.3, -0.25) is 9.59 Å². The minimum absolute atomic E-state index is 0.0153. The largest absolute Gasteiger partial charge is 0.481 e. The Bertz CT molecular complexity index is 1110. The van der Waals surface area contributed by atoms with Crippen LogP contribution in [0.4, 0.5) is 4.79 Å². The van der Waals surface area contributed by atoms with E-state index in [1.165, 1.54) is 5.56 Å². The van der Waals surface area contributed by atoms with Crippen LogP contribution < -0.4 is 21.7 Å². The van der Waals surface area contributed by atoms with Crippen LogP contribution in [-0.2, 0) is 20.5 Å². The highest BCUT2D eigenvalue weighted by Crippen LogP contribution is 2.65. The van der Waals surface area contributed by atoms with E-state index < -0.39 is 19.2 Å². The van der Waals surface area contributed by atoms with E-state index in [0.717, 1.165) is 32.1 Å². The maximum absolute atomic E-state index is 13.8. The number of carbonyl (C=O) groups excluding carboxylic acids is 3. The molecule has 1 saturated heterocycles. The summed E-state index contributed by atoms with van der Waals surface area (Å²) in [5.41, 5.74) is 6.75. The van der Waals surface area contributed by atoms with Crippen LogP contribution in [0.3, 0.4) is 0 Å². The van der Waals surface area contributed by atoms with Crippen molar-refractivity contribution in [2.24, 2.45) is 28.9 Å². The van der Waals surface area contributed by atoms with Crippen molar-refractivity contribution < 1.29 is 23.7 Å². The SMILES string of the molecule is CCCCc1ccc(C(=O)NC(CCCNC(N)=O)C(=O)N[C@@H](CC(C)C)B2O[C@@H]3C[C@H]4C[C@H](C4(C)C)[C@]3(C)O2)cc1. The molecule has 9 nitrogen and oxygen atoms in total. The number of nitrogens with two attached hydrogens (primary N) is 1. The van der Waals surface area contributed by atoms with E-state index in [0.29, 0.717) is 49.1 Å². The number of benzene rings is 1. The van der Waals surface area contributed by atoms with Crippen LogP contribution in [0.2, 0.25) is 0 Å². The average molecular weight is 583 g/mol. The van der Waals surface area contributed by atoms with E-state index in [2.05, 4.69) is 57.5 Å². The fourth-order valence-electron chi connectivity index (χ4n) is 7.33. The Morgan fingerprint density at radius 3 is 2.40 bits per heavy atom. The second-order valence-corrected chi connectivity index (χ2v) is 13.8. The van der Waals surface area contributed by atoms with Crippen molar-refractivity contribution in [3.63, 3.8) is 0 Å². The Kier molecular flexibility index (Phi) is 10.3. The number of urea groups is 1. The topological polar surface area (TPSA) is 132 Å². The molecule has 1 aromatic rings. The standard InChI is InChI=1S/C32H51BN4O5/c1-7-8-10-21-12-14-22(15-13-21)28(38)36-24(11-9-16-35-30(34)40)29(39)37-27(17-20(2)3)33-41-26-19-23-18-25(31(23,4)5)32(26,6)42-33/h12-15,20,23-27H,7-11,16-19H2,1-6H3,(H,36,38)(H,37,39)(H3,34,35,40)/t23-,24?,25-,26-,27+,32+/m1/s1. The summed E-state index contributed by atoms with van der Waals surface area (Å²) in [5, 5.41) is 8.69. The van der Waals surface area contributed by atoms with Crippen LogP contribution >= 0.6 is 0 Å². The zero-order valence-electron chi connectivity index (χ0n) is 26.3. The number of hydrogen-bond donors (Lipinski definition) is 4. The predicted octanol–water partition coefficient (Wildman–Crippen LogP) is 4.37. The van der Waals surface area contributed by atoms with Gasteiger partial charge in [0.2, 0.25) is 5.91 Å². The summed E-state index contributed by atoms with van der Waals surface area (Å²) in [7, 11) is -0.551. The fraction of sp³-hybridized carbons (Fsp3) is 0.719. The zero-order valence-corrected chi connectivity index (χ0v) is 26.3. The lowest BCUT2D eigenvalue weighted by molar-refractivity contribution is -0.199. The summed E-state index contributed by atoms with van der Waals surface area (Å²) in [6, 6.07) is 6.13. The predicted molar refractivity (Wildman–Crippen MR) is 165 cm³/mol. The molecule has 4 amide bonds. The highest BCUT2D eigenvalue weighted by molar-refractivity contribution is 6.48. The molecule has 0 spiro atoms. The van der Waals surface area contributed by atoms with Crippen LogP contribution in [0.1, 0.15) is 102 Å². The first-order valence-electron chi connectivity index (χ1n) is 15.9. The third-order valence-corrected chi connectivity index (χ3v) is 9.98. The van der Waals surface area contributed by atoms with Gasteiger partial charge in [-0.05, 0) is 92.7 Å². The molecule has 1 aliphatic heterocycles.